The van der Waals surface area contributed by atoms with Crippen LogP contribution in [-0.2, 0) is 9.53 Å². The summed E-state index contributed by atoms with van der Waals surface area (Å²) in [5, 5.41) is 8.94. The molecule has 1 fully saturated rings. The molecule has 82 valence electrons. The average molecular weight is 219 g/mol. The first kappa shape index (κ1) is 11.8. The van der Waals surface area contributed by atoms with Crippen LogP contribution in [-0.4, -0.2) is 59.8 Å². The molecule has 0 radical (unpaired) electrons. The highest BCUT2D eigenvalue weighted by Gasteiger charge is 2.28. The normalized spacial score (nSPS) is 23.6. The number of hydrogen-bond donors (Lipinski definition) is 1. The maximum atomic E-state index is 10.9. The predicted molar refractivity (Wildman–Crippen MR) is 56.8 cm³/mol. The van der Waals surface area contributed by atoms with E-state index < -0.39 is 12.0 Å². The van der Waals surface area contributed by atoms with Crippen molar-refractivity contribution in [1.82, 2.24) is 4.90 Å². The summed E-state index contributed by atoms with van der Waals surface area (Å²) < 4.78 is 5.15. The maximum Gasteiger partial charge on any atom is 0.323 e. The van der Waals surface area contributed by atoms with Gasteiger partial charge < -0.3 is 9.84 Å². The van der Waals surface area contributed by atoms with Crippen molar-refractivity contribution in [2.45, 2.75) is 13.0 Å². The van der Waals surface area contributed by atoms with E-state index in [-0.39, 0.29) is 0 Å². The number of carbonyl (C=O) groups is 1. The van der Waals surface area contributed by atoms with Gasteiger partial charge in [0.15, 0.2) is 0 Å². The summed E-state index contributed by atoms with van der Waals surface area (Å²) in [6.45, 7) is 4.67. The fourth-order valence-electron chi connectivity index (χ4n) is 1.46. The molecule has 1 aliphatic rings. The van der Waals surface area contributed by atoms with Gasteiger partial charge >= 0.3 is 5.97 Å². The number of carboxylic acid groups (broad SMARTS) is 1. The van der Waals surface area contributed by atoms with Crippen molar-refractivity contribution in [1.29, 1.82) is 0 Å². The lowest BCUT2D eigenvalue weighted by Crippen LogP contribution is -2.50. The molecule has 5 heteroatoms. The van der Waals surface area contributed by atoms with Gasteiger partial charge in [0.2, 0.25) is 0 Å². The quantitative estimate of drug-likeness (QED) is 0.683. The van der Waals surface area contributed by atoms with E-state index in [2.05, 4.69) is 6.92 Å². The zero-order chi connectivity index (χ0) is 10.4. The zero-order valence-electron chi connectivity index (χ0n) is 8.44. The second-order valence-electron chi connectivity index (χ2n) is 3.16. The van der Waals surface area contributed by atoms with E-state index >= 15 is 0 Å². The number of carboxylic acids is 1. The minimum absolute atomic E-state index is 0.326. The molecular formula is C9H17NO3S. The molecule has 0 aromatic carbocycles. The third-order valence-corrected chi connectivity index (χ3v) is 3.13. The summed E-state index contributed by atoms with van der Waals surface area (Å²) in [6, 6.07) is -0.443. The Morgan fingerprint density at radius 1 is 1.71 bits per heavy atom. The van der Waals surface area contributed by atoms with Crippen molar-refractivity contribution < 1.29 is 14.6 Å². The molecule has 0 aliphatic carbocycles. The molecule has 14 heavy (non-hydrogen) atoms. The van der Waals surface area contributed by atoms with Crippen LogP contribution in [0.15, 0.2) is 0 Å². The highest BCUT2D eigenvalue weighted by atomic mass is 32.2. The fourth-order valence-corrected chi connectivity index (χ4v) is 2.11. The number of aliphatic carboxylic acids is 1. The molecule has 1 heterocycles. The SMILES string of the molecule is CCSCCN1CCOCC1C(=O)O. The van der Waals surface area contributed by atoms with Gasteiger partial charge in [0.25, 0.3) is 0 Å². The molecular weight excluding hydrogens is 202 g/mol. The molecule has 1 rings (SSSR count). The Hall–Kier alpha value is -0.260. The van der Waals surface area contributed by atoms with Gasteiger partial charge in [-0.3, -0.25) is 9.69 Å². The van der Waals surface area contributed by atoms with E-state index in [4.69, 9.17) is 9.84 Å². The molecule has 0 bridgehead atoms. The van der Waals surface area contributed by atoms with Crippen molar-refractivity contribution in [3.05, 3.63) is 0 Å². The second kappa shape index (κ2) is 6.27. The Morgan fingerprint density at radius 3 is 3.14 bits per heavy atom. The molecule has 1 unspecified atom stereocenters. The first-order chi connectivity index (χ1) is 6.75. The minimum Gasteiger partial charge on any atom is -0.480 e. The largest absolute Gasteiger partial charge is 0.480 e. The van der Waals surface area contributed by atoms with Crippen LogP contribution < -0.4 is 0 Å². The van der Waals surface area contributed by atoms with Crippen LogP contribution in [0.3, 0.4) is 0 Å². The molecule has 0 aromatic heterocycles. The molecule has 4 nitrogen and oxygen atoms in total. The van der Waals surface area contributed by atoms with Crippen LogP contribution in [0.4, 0.5) is 0 Å². The first-order valence-electron chi connectivity index (χ1n) is 4.88. The van der Waals surface area contributed by atoms with Gasteiger partial charge in [0, 0.05) is 18.8 Å². The Bertz CT molecular complexity index is 189. The van der Waals surface area contributed by atoms with E-state index in [1.807, 2.05) is 16.7 Å². The fraction of sp³-hybridized carbons (Fsp3) is 0.889. The Labute approximate surface area is 88.6 Å². The van der Waals surface area contributed by atoms with Crippen LogP contribution in [0, 0.1) is 0 Å². The summed E-state index contributed by atoms with van der Waals surface area (Å²) in [5.41, 5.74) is 0. The van der Waals surface area contributed by atoms with E-state index in [0.717, 1.165) is 24.6 Å². The molecule has 1 aliphatic heterocycles. The summed E-state index contributed by atoms with van der Waals surface area (Å²) >= 11 is 1.84. The lowest BCUT2D eigenvalue weighted by atomic mass is 10.2. The number of thioether (sulfide) groups is 1. The molecule has 0 aromatic rings. The summed E-state index contributed by atoms with van der Waals surface area (Å²) in [5.74, 6) is 1.31. The Balaban J connectivity index is 2.34. The van der Waals surface area contributed by atoms with E-state index in [1.54, 1.807) is 0 Å². The van der Waals surface area contributed by atoms with E-state index in [0.29, 0.717) is 13.2 Å². The molecule has 1 saturated heterocycles. The average Bonchev–Trinajstić information content (AvgIpc) is 2.19. The van der Waals surface area contributed by atoms with Crippen molar-refractivity contribution in [2.75, 3.05) is 37.8 Å². The van der Waals surface area contributed by atoms with Crippen LogP contribution in [0.2, 0.25) is 0 Å². The van der Waals surface area contributed by atoms with Crippen molar-refractivity contribution in [3.8, 4) is 0 Å². The third-order valence-electron chi connectivity index (χ3n) is 2.25. The molecule has 0 amide bonds. The van der Waals surface area contributed by atoms with Crippen molar-refractivity contribution >= 4 is 17.7 Å². The summed E-state index contributed by atoms with van der Waals surface area (Å²) in [7, 11) is 0. The van der Waals surface area contributed by atoms with Gasteiger partial charge in [0.1, 0.15) is 6.04 Å². The number of nitrogens with zero attached hydrogens (tertiary/aromatic N) is 1. The Morgan fingerprint density at radius 2 is 2.50 bits per heavy atom. The van der Waals surface area contributed by atoms with Gasteiger partial charge in [-0.1, -0.05) is 6.92 Å². The first-order valence-corrected chi connectivity index (χ1v) is 6.03. The van der Waals surface area contributed by atoms with Gasteiger partial charge in [-0.05, 0) is 5.75 Å². The second-order valence-corrected chi connectivity index (χ2v) is 4.56. The highest BCUT2D eigenvalue weighted by molar-refractivity contribution is 7.99. The molecule has 1 atom stereocenters. The van der Waals surface area contributed by atoms with Crippen LogP contribution >= 0.6 is 11.8 Å². The van der Waals surface area contributed by atoms with Crippen LogP contribution in [0.5, 0.6) is 0 Å². The predicted octanol–water partition coefficient (Wildman–Crippen LogP) is 0.525. The lowest BCUT2D eigenvalue weighted by molar-refractivity contribution is -0.149. The minimum atomic E-state index is -0.772. The van der Waals surface area contributed by atoms with Crippen LogP contribution in [0.1, 0.15) is 6.92 Å². The number of hydrogen-bond acceptors (Lipinski definition) is 4. The summed E-state index contributed by atoms with van der Waals surface area (Å²) in [6.07, 6.45) is 0. The molecule has 1 N–H and O–H groups in total. The maximum absolute atomic E-state index is 10.9. The Kier molecular flexibility index (Phi) is 5.29. The molecule has 0 spiro atoms. The smallest absolute Gasteiger partial charge is 0.323 e. The monoisotopic (exact) mass is 219 g/mol. The van der Waals surface area contributed by atoms with Gasteiger partial charge in [-0.15, -0.1) is 0 Å². The standard InChI is InChI=1S/C9H17NO3S/c1-2-14-6-4-10-3-5-13-7-8(10)9(11)12/h8H,2-7H2,1H3,(H,11,12). The van der Waals surface area contributed by atoms with E-state index in [1.165, 1.54) is 0 Å². The van der Waals surface area contributed by atoms with Crippen molar-refractivity contribution in [2.24, 2.45) is 0 Å². The summed E-state index contributed by atoms with van der Waals surface area (Å²) in [4.78, 5) is 12.9. The zero-order valence-corrected chi connectivity index (χ0v) is 9.26. The number of ether oxygens (including phenoxy) is 1. The van der Waals surface area contributed by atoms with Gasteiger partial charge in [0.05, 0.1) is 13.2 Å². The van der Waals surface area contributed by atoms with Crippen LogP contribution in [0.25, 0.3) is 0 Å². The highest BCUT2D eigenvalue weighted by Crippen LogP contribution is 2.09. The topological polar surface area (TPSA) is 49.8 Å². The van der Waals surface area contributed by atoms with Gasteiger partial charge in [-0.2, -0.15) is 11.8 Å². The lowest BCUT2D eigenvalue weighted by Gasteiger charge is -2.32. The molecule has 0 saturated carbocycles. The van der Waals surface area contributed by atoms with Crippen molar-refractivity contribution in [3.63, 3.8) is 0 Å². The number of morpholine rings is 1. The third kappa shape index (κ3) is 3.48. The number of rotatable bonds is 5. The van der Waals surface area contributed by atoms with E-state index in [9.17, 15) is 4.79 Å². The van der Waals surface area contributed by atoms with Gasteiger partial charge in [-0.25, -0.2) is 0 Å².